The third-order valence-electron chi connectivity index (χ3n) is 5.57. The average Bonchev–Trinajstić information content (AvgIpc) is 2.88. The van der Waals surface area contributed by atoms with E-state index in [-0.39, 0.29) is 19.8 Å². The Hall–Kier alpha value is -1.73. The molecule has 0 atom stereocenters. The number of carboxylic acid groups (broad SMARTS) is 1. The highest BCUT2D eigenvalue weighted by Gasteiger charge is 2.00. The molecule has 0 bridgehead atoms. The summed E-state index contributed by atoms with van der Waals surface area (Å²) in [6.07, 6.45) is 21.2. The topological polar surface area (TPSA) is 101 Å². The van der Waals surface area contributed by atoms with Crippen LogP contribution in [0.3, 0.4) is 0 Å². The van der Waals surface area contributed by atoms with Crippen LogP contribution in [0.4, 0.5) is 0 Å². The van der Waals surface area contributed by atoms with Crippen molar-refractivity contribution in [2.75, 3.05) is 39.5 Å². The molecular formula is C30H55NO5. The van der Waals surface area contributed by atoms with Crippen molar-refractivity contribution in [3.63, 3.8) is 0 Å². The first kappa shape index (κ1) is 36.4. The van der Waals surface area contributed by atoms with Gasteiger partial charge in [0.1, 0.15) is 0 Å². The zero-order valence-electron chi connectivity index (χ0n) is 22.9. The molecule has 1 rings (SSSR count). The van der Waals surface area contributed by atoms with Crippen molar-refractivity contribution in [1.29, 1.82) is 0 Å². The second-order valence-corrected chi connectivity index (χ2v) is 8.90. The van der Waals surface area contributed by atoms with E-state index in [1.807, 2.05) is 36.4 Å². The molecule has 0 saturated heterocycles. The summed E-state index contributed by atoms with van der Waals surface area (Å²) in [6.45, 7) is 4.01. The summed E-state index contributed by atoms with van der Waals surface area (Å²) < 4.78 is 0. The molecule has 0 aromatic heterocycles. The number of aliphatic hydroxyl groups excluding tert-OH is 3. The summed E-state index contributed by atoms with van der Waals surface area (Å²) in [5.41, 5.74) is 0. The largest absolute Gasteiger partial charge is 0.481 e. The van der Waals surface area contributed by atoms with Crippen LogP contribution in [-0.2, 0) is 4.79 Å². The standard InChI is InChI=1S/C18H34O2.C6H15NO3.C6H6/c1-2-3-4-5-6-7-8-9-10-11-12-13-14-15-16-17-18(19)20;8-4-1-7(2-5-9)3-6-10;1-2-4-6-5-3-1/h9-10H,2-8,11-17H2,1H3,(H,19,20);8-10H,1-6H2;1-6H. The molecule has 0 fully saturated rings. The molecule has 210 valence electrons. The van der Waals surface area contributed by atoms with Crippen molar-refractivity contribution in [2.24, 2.45) is 0 Å². The van der Waals surface area contributed by atoms with Crippen LogP contribution >= 0.6 is 0 Å². The van der Waals surface area contributed by atoms with Crippen LogP contribution in [0.25, 0.3) is 0 Å². The number of aliphatic hydroxyl groups is 3. The predicted molar refractivity (Wildman–Crippen MR) is 151 cm³/mol. The quantitative estimate of drug-likeness (QED) is 0.119. The molecule has 0 saturated carbocycles. The number of carbonyl (C=O) groups is 1. The number of nitrogens with zero attached hydrogens (tertiary/aromatic N) is 1. The van der Waals surface area contributed by atoms with Crippen LogP contribution < -0.4 is 0 Å². The fourth-order valence-electron chi connectivity index (χ4n) is 3.49. The van der Waals surface area contributed by atoms with Gasteiger partial charge in [-0.05, 0) is 32.1 Å². The van der Waals surface area contributed by atoms with E-state index in [2.05, 4.69) is 19.1 Å². The molecule has 0 spiro atoms. The minimum absolute atomic E-state index is 0.0694. The molecule has 0 aliphatic carbocycles. The van der Waals surface area contributed by atoms with Gasteiger partial charge in [0, 0.05) is 26.1 Å². The number of hydrogen-bond donors (Lipinski definition) is 4. The van der Waals surface area contributed by atoms with E-state index in [1.54, 1.807) is 4.90 Å². The van der Waals surface area contributed by atoms with Gasteiger partial charge in [-0.3, -0.25) is 9.69 Å². The normalized spacial score (nSPS) is 10.6. The number of unbranched alkanes of at least 4 members (excludes halogenated alkanes) is 11. The van der Waals surface area contributed by atoms with Gasteiger partial charge in [-0.25, -0.2) is 0 Å². The smallest absolute Gasteiger partial charge is 0.303 e. The second kappa shape index (κ2) is 33.3. The van der Waals surface area contributed by atoms with Crippen LogP contribution in [0.5, 0.6) is 0 Å². The van der Waals surface area contributed by atoms with E-state index >= 15 is 0 Å². The minimum atomic E-state index is -0.664. The highest BCUT2D eigenvalue weighted by Crippen LogP contribution is 2.09. The molecule has 1 aromatic carbocycles. The van der Waals surface area contributed by atoms with E-state index in [9.17, 15) is 4.79 Å². The first-order valence-corrected chi connectivity index (χ1v) is 14.0. The number of allylic oxidation sites excluding steroid dienone is 2. The second-order valence-electron chi connectivity index (χ2n) is 8.90. The zero-order chi connectivity index (χ0) is 27.0. The average molecular weight is 510 g/mol. The van der Waals surface area contributed by atoms with Gasteiger partial charge in [-0.2, -0.15) is 0 Å². The van der Waals surface area contributed by atoms with Crippen molar-refractivity contribution in [3.8, 4) is 0 Å². The lowest BCUT2D eigenvalue weighted by Crippen LogP contribution is -2.32. The number of rotatable bonds is 21. The van der Waals surface area contributed by atoms with Gasteiger partial charge in [-0.15, -0.1) is 0 Å². The molecule has 0 heterocycles. The Morgan fingerprint density at radius 2 is 0.972 bits per heavy atom. The Morgan fingerprint density at radius 1 is 0.611 bits per heavy atom. The lowest BCUT2D eigenvalue weighted by Gasteiger charge is -2.17. The number of carboxylic acids is 1. The van der Waals surface area contributed by atoms with Gasteiger partial charge >= 0.3 is 5.97 Å². The summed E-state index contributed by atoms with van der Waals surface area (Å²) in [5, 5.41) is 34.0. The van der Waals surface area contributed by atoms with E-state index in [1.165, 1.54) is 70.6 Å². The van der Waals surface area contributed by atoms with Crippen molar-refractivity contribution in [2.45, 2.75) is 96.8 Å². The molecule has 1 aromatic rings. The zero-order valence-corrected chi connectivity index (χ0v) is 22.9. The number of hydrogen-bond acceptors (Lipinski definition) is 5. The maximum absolute atomic E-state index is 10.3. The third kappa shape index (κ3) is 34.4. The summed E-state index contributed by atoms with van der Waals surface area (Å²) in [7, 11) is 0. The van der Waals surface area contributed by atoms with Crippen LogP contribution in [0, 0.1) is 0 Å². The third-order valence-corrected chi connectivity index (χ3v) is 5.57. The molecule has 6 nitrogen and oxygen atoms in total. The molecule has 4 N–H and O–H groups in total. The van der Waals surface area contributed by atoms with Gasteiger partial charge in [0.05, 0.1) is 19.8 Å². The van der Waals surface area contributed by atoms with E-state index in [4.69, 9.17) is 20.4 Å². The molecular weight excluding hydrogens is 454 g/mol. The van der Waals surface area contributed by atoms with Crippen molar-refractivity contribution in [1.82, 2.24) is 4.90 Å². The van der Waals surface area contributed by atoms with Crippen LogP contribution in [0.2, 0.25) is 0 Å². The summed E-state index contributed by atoms with van der Waals surface area (Å²) in [5.74, 6) is -0.664. The first-order chi connectivity index (χ1) is 17.6. The number of benzene rings is 1. The number of aliphatic carboxylic acids is 1. The van der Waals surface area contributed by atoms with Gasteiger partial charge in [-0.1, -0.05) is 107 Å². The van der Waals surface area contributed by atoms with Crippen LogP contribution in [-0.4, -0.2) is 70.8 Å². The molecule has 0 aliphatic rings. The minimum Gasteiger partial charge on any atom is -0.481 e. The Kier molecular flexibility index (Phi) is 33.7. The molecule has 0 unspecified atom stereocenters. The van der Waals surface area contributed by atoms with Gasteiger partial charge in [0.15, 0.2) is 0 Å². The fourth-order valence-corrected chi connectivity index (χ4v) is 3.49. The van der Waals surface area contributed by atoms with Crippen molar-refractivity contribution >= 4 is 5.97 Å². The first-order valence-electron chi connectivity index (χ1n) is 14.0. The van der Waals surface area contributed by atoms with Crippen molar-refractivity contribution in [3.05, 3.63) is 48.6 Å². The maximum Gasteiger partial charge on any atom is 0.303 e. The lowest BCUT2D eigenvalue weighted by atomic mass is 10.1. The molecule has 36 heavy (non-hydrogen) atoms. The van der Waals surface area contributed by atoms with Crippen LogP contribution in [0.15, 0.2) is 48.6 Å². The molecule has 0 amide bonds. The summed E-state index contributed by atoms with van der Waals surface area (Å²) in [4.78, 5) is 12.1. The Balaban J connectivity index is 0. The molecule has 0 aliphatic heterocycles. The van der Waals surface area contributed by atoms with Crippen molar-refractivity contribution < 1.29 is 25.2 Å². The molecule has 6 heteroatoms. The highest BCUT2D eigenvalue weighted by molar-refractivity contribution is 5.66. The van der Waals surface area contributed by atoms with Gasteiger partial charge in [0.2, 0.25) is 0 Å². The maximum atomic E-state index is 10.3. The summed E-state index contributed by atoms with van der Waals surface area (Å²) >= 11 is 0. The fraction of sp³-hybridized carbons (Fsp3) is 0.700. The Bertz CT molecular complexity index is 513. The monoisotopic (exact) mass is 509 g/mol. The van der Waals surface area contributed by atoms with E-state index < -0.39 is 5.97 Å². The highest BCUT2D eigenvalue weighted by atomic mass is 16.4. The van der Waals surface area contributed by atoms with E-state index in [0.29, 0.717) is 26.1 Å². The lowest BCUT2D eigenvalue weighted by molar-refractivity contribution is -0.137. The SMILES string of the molecule is CCCCCCCCC=CCCCCCCCC(=O)O.OCCN(CCO)CCO.c1ccccc1. The van der Waals surface area contributed by atoms with Gasteiger partial charge in [0.25, 0.3) is 0 Å². The Morgan fingerprint density at radius 3 is 1.33 bits per heavy atom. The molecule has 0 radical (unpaired) electrons. The Labute approximate surface area is 221 Å². The van der Waals surface area contributed by atoms with E-state index in [0.717, 1.165) is 12.8 Å². The summed E-state index contributed by atoms with van der Waals surface area (Å²) in [6, 6.07) is 12.0. The van der Waals surface area contributed by atoms with Gasteiger partial charge < -0.3 is 20.4 Å². The predicted octanol–water partition coefficient (Wildman–Crippen LogP) is 6.06. The van der Waals surface area contributed by atoms with Crippen LogP contribution in [0.1, 0.15) is 96.8 Å².